The molecule has 5 nitrogen and oxygen atoms in total. The number of piperidine rings is 1. The Morgan fingerprint density at radius 3 is 2.35 bits per heavy atom. The summed E-state index contributed by atoms with van der Waals surface area (Å²) in [7, 11) is 0. The van der Waals surface area contributed by atoms with E-state index in [2.05, 4.69) is 22.4 Å². The van der Waals surface area contributed by atoms with Crippen LogP contribution in [-0.2, 0) is 0 Å². The molecule has 5 heteroatoms. The van der Waals surface area contributed by atoms with E-state index in [1.54, 1.807) is 0 Å². The van der Waals surface area contributed by atoms with Crippen molar-refractivity contribution < 1.29 is 4.79 Å². The number of carbonyl (C=O) groups is 1. The third-order valence-corrected chi connectivity index (χ3v) is 5.16. The minimum atomic E-state index is 0.0189. The lowest BCUT2D eigenvalue weighted by Gasteiger charge is -2.29. The molecule has 2 aliphatic rings. The smallest absolute Gasteiger partial charge is 0.274 e. The van der Waals surface area contributed by atoms with Gasteiger partial charge in [-0.15, -0.1) is 10.2 Å². The van der Waals surface area contributed by atoms with Crippen LogP contribution in [0.3, 0.4) is 0 Å². The van der Waals surface area contributed by atoms with Gasteiger partial charge in [-0.2, -0.15) is 0 Å². The molecule has 1 aliphatic carbocycles. The number of nitrogens with one attached hydrogen (secondary N) is 1. The Bertz CT molecular complexity index is 500. The van der Waals surface area contributed by atoms with Crippen LogP contribution < -0.4 is 5.32 Å². The molecule has 1 saturated carbocycles. The first-order valence-corrected chi connectivity index (χ1v) is 9.12. The summed E-state index contributed by atoms with van der Waals surface area (Å²) in [6.45, 7) is 3.92. The molecule has 0 spiro atoms. The molecule has 0 aromatic carbocycles. The van der Waals surface area contributed by atoms with Crippen molar-refractivity contribution in [1.29, 1.82) is 0 Å². The number of aromatic nitrogens is 2. The molecule has 1 N–H and O–H groups in total. The Morgan fingerprint density at radius 2 is 1.74 bits per heavy atom. The Labute approximate surface area is 138 Å². The molecular weight excluding hydrogens is 288 g/mol. The summed E-state index contributed by atoms with van der Waals surface area (Å²) in [5.74, 6) is 1.53. The van der Waals surface area contributed by atoms with E-state index in [0.717, 1.165) is 37.7 Å². The highest BCUT2D eigenvalue weighted by Gasteiger charge is 2.22. The lowest BCUT2D eigenvalue weighted by Crippen LogP contribution is -2.38. The fourth-order valence-corrected chi connectivity index (χ4v) is 3.53. The van der Waals surface area contributed by atoms with Crippen LogP contribution in [0.4, 0.5) is 5.82 Å². The maximum Gasteiger partial charge on any atom is 0.274 e. The van der Waals surface area contributed by atoms with Crippen molar-refractivity contribution in [3.63, 3.8) is 0 Å². The Kier molecular flexibility index (Phi) is 5.47. The highest BCUT2D eigenvalue weighted by atomic mass is 16.2. The van der Waals surface area contributed by atoms with E-state index in [4.69, 9.17) is 0 Å². The van der Waals surface area contributed by atoms with E-state index in [-0.39, 0.29) is 5.91 Å². The molecule has 2 heterocycles. The molecule has 1 aliphatic heterocycles. The molecule has 126 valence electrons. The van der Waals surface area contributed by atoms with Gasteiger partial charge in [0.1, 0.15) is 5.82 Å². The quantitative estimate of drug-likeness (QED) is 0.867. The predicted octanol–water partition coefficient (Wildman–Crippen LogP) is 3.48. The first kappa shape index (κ1) is 16.2. The van der Waals surface area contributed by atoms with Crippen molar-refractivity contribution in [3.05, 3.63) is 17.8 Å². The molecule has 1 saturated heterocycles. The van der Waals surface area contributed by atoms with Gasteiger partial charge in [0.15, 0.2) is 5.69 Å². The zero-order valence-electron chi connectivity index (χ0n) is 14.1. The summed E-state index contributed by atoms with van der Waals surface area (Å²) in [6, 6.07) is 4.21. The maximum absolute atomic E-state index is 12.5. The van der Waals surface area contributed by atoms with E-state index >= 15 is 0 Å². The second-order valence-electron chi connectivity index (χ2n) is 7.11. The molecule has 1 aromatic heterocycles. The second-order valence-corrected chi connectivity index (χ2v) is 7.11. The molecule has 1 aromatic rings. The van der Waals surface area contributed by atoms with E-state index < -0.39 is 0 Å². The third-order valence-electron chi connectivity index (χ3n) is 5.16. The van der Waals surface area contributed by atoms with Gasteiger partial charge < -0.3 is 10.2 Å². The summed E-state index contributed by atoms with van der Waals surface area (Å²) in [5.41, 5.74) is 0.464. The molecular formula is C18H28N4O. The highest BCUT2D eigenvalue weighted by molar-refractivity contribution is 5.92. The molecule has 2 fully saturated rings. The van der Waals surface area contributed by atoms with Crippen molar-refractivity contribution >= 4 is 11.7 Å². The van der Waals surface area contributed by atoms with Crippen molar-refractivity contribution in [2.75, 3.05) is 18.4 Å². The predicted molar refractivity (Wildman–Crippen MR) is 91.4 cm³/mol. The lowest BCUT2D eigenvalue weighted by molar-refractivity contribution is 0.0690. The first-order chi connectivity index (χ1) is 11.2. The van der Waals surface area contributed by atoms with Crippen LogP contribution in [-0.4, -0.2) is 40.1 Å². The van der Waals surface area contributed by atoms with E-state index in [0.29, 0.717) is 11.7 Å². The number of likely N-dealkylation sites (tertiary alicyclic amines) is 1. The summed E-state index contributed by atoms with van der Waals surface area (Å²) in [6.07, 6.45) is 9.82. The van der Waals surface area contributed by atoms with Crippen molar-refractivity contribution in [2.24, 2.45) is 5.92 Å². The largest absolute Gasteiger partial charge is 0.366 e. The lowest BCUT2D eigenvalue weighted by atomic mass is 9.99. The van der Waals surface area contributed by atoms with Gasteiger partial charge in [0, 0.05) is 19.1 Å². The molecule has 0 bridgehead atoms. The fraction of sp³-hybridized carbons (Fsp3) is 0.722. The van der Waals surface area contributed by atoms with Crippen molar-refractivity contribution in [1.82, 2.24) is 15.1 Å². The topological polar surface area (TPSA) is 58.1 Å². The van der Waals surface area contributed by atoms with Crippen molar-refractivity contribution in [3.8, 4) is 0 Å². The summed E-state index contributed by atoms with van der Waals surface area (Å²) < 4.78 is 0. The Morgan fingerprint density at radius 1 is 1.04 bits per heavy atom. The molecule has 0 atom stereocenters. The van der Waals surface area contributed by atoms with Gasteiger partial charge in [-0.3, -0.25) is 4.79 Å². The van der Waals surface area contributed by atoms with Crippen LogP contribution in [0.2, 0.25) is 0 Å². The van der Waals surface area contributed by atoms with Gasteiger partial charge in [-0.05, 0) is 43.7 Å². The van der Waals surface area contributed by atoms with Crippen LogP contribution in [0.15, 0.2) is 12.1 Å². The molecule has 3 rings (SSSR count). The third kappa shape index (κ3) is 4.43. The Balaban J connectivity index is 1.56. The number of nitrogens with zero attached hydrogens (tertiary/aromatic N) is 3. The van der Waals surface area contributed by atoms with Crippen molar-refractivity contribution in [2.45, 2.75) is 64.3 Å². The van der Waals surface area contributed by atoms with Crippen LogP contribution >= 0.6 is 0 Å². The van der Waals surface area contributed by atoms with Crippen LogP contribution in [0.25, 0.3) is 0 Å². The fourth-order valence-electron chi connectivity index (χ4n) is 3.53. The molecule has 0 radical (unpaired) electrons. The second kappa shape index (κ2) is 7.75. The number of rotatable bonds is 3. The van der Waals surface area contributed by atoms with E-state index in [1.807, 2.05) is 17.0 Å². The van der Waals surface area contributed by atoms with Gasteiger partial charge in [-0.25, -0.2) is 0 Å². The summed E-state index contributed by atoms with van der Waals surface area (Å²) in [5, 5.41) is 11.9. The SMILES string of the molecule is CC1CCN(C(=O)c2ccc(NC3CCCCCC3)nn2)CC1. The summed E-state index contributed by atoms with van der Waals surface area (Å²) in [4.78, 5) is 14.4. The number of amides is 1. The number of hydrogen-bond acceptors (Lipinski definition) is 4. The minimum absolute atomic E-state index is 0.0189. The maximum atomic E-state index is 12.5. The van der Waals surface area contributed by atoms with Gasteiger partial charge in [-0.1, -0.05) is 32.6 Å². The zero-order chi connectivity index (χ0) is 16.1. The first-order valence-electron chi connectivity index (χ1n) is 9.12. The van der Waals surface area contributed by atoms with Crippen LogP contribution in [0, 0.1) is 5.92 Å². The average molecular weight is 316 g/mol. The minimum Gasteiger partial charge on any atom is -0.366 e. The zero-order valence-corrected chi connectivity index (χ0v) is 14.1. The van der Waals surface area contributed by atoms with Gasteiger partial charge in [0.2, 0.25) is 0 Å². The van der Waals surface area contributed by atoms with Gasteiger partial charge in [0.25, 0.3) is 5.91 Å². The monoisotopic (exact) mass is 316 g/mol. The van der Waals surface area contributed by atoms with E-state index in [1.165, 1.54) is 38.5 Å². The average Bonchev–Trinajstić information content (AvgIpc) is 2.84. The molecule has 1 amide bonds. The summed E-state index contributed by atoms with van der Waals surface area (Å²) >= 11 is 0. The molecule has 23 heavy (non-hydrogen) atoms. The number of hydrogen-bond donors (Lipinski definition) is 1. The van der Waals surface area contributed by atoms with Gasteiger partial charge in [0.05, 0.1) is 0 Å². The molecule has 0 unspecified atom stereocenters. The van der Waals surface area contributed by atoms with Crippen LogP contribution in [0.1, 0.15) is 68.8 Å². The normalized spacial score (nSPS) is 21.0. The standard InChI is InChI=1S/C18H28N4O/c1-14-10-12-22(13-11-14)18(23)16-8-9-17(21-20-16)19-15-6-4-2-3-5-7-15/h8-9,14-15H,2-7,10-13H2,1H3,(H,19,21). The highest BCUT2D eigenvalue weighted by Crippen LogP contribution is 2.21. The van der Waals surface area contributed by atoms with Gasteiger partial charge >= 0.3 is 0 Å². The van der Waals surface area contributed by atoms with E-state index in [9.17, 15) is 4.79 Å². The number of carbonyl (C=O) groups excluding carboxylic acids is 1. The Hall–Kier alpha value is -1.65. The van der Waals surface area contributed by atoms with Crippen LogP contribution in [0.5, 0.6) is 0 Å². The number of anilines is 1.